The smallest absolute Gasteiger partial charge is 0.132 e. The number of hydrogen-bond donors (Lipinski definition) is 0. The van der Waals surface area contributed by atoms with Gasteiger partial charge < -0.3 is 4.74 Å². The maximum Gasteiger partial charge on any atom is 0.132 e. The molecule has 2 heteroatoms. The summed E-state index contributed by atoms with van der Waals surface area (Å²) in [7, 11) is 0. The van der Waals surface area contributed by atoms with Gasteiger partial charge in [-0.15, -0.1) is 0 Å². The molecule has 0 unspecified atom stereocenters. The van der Waals surface area contributed by atoms with Crippen LogP contribution in [0.2, 0.25) is 0 Å². The number of rotatable bonds is 2. The minimum atomic E-state index is 0.735. The van der Waals surface area contributed by atoms with Crippen molar-refractivity contribution in [3.05, 3.63) is 27.3 Å². The molecule has 0 amide bonds. The minimum absolute atomic E-state index is 0.735. The Morgan fingerprint density at radius 1 is 1.45 bits per heavy atom. The van der Waals surface area contributed by atoms with Crippen molar-refractivity contribution in [1.82, 2.24) is 0 Å². The van der Waals surface area contributed by atoms with Crippen molar-refractivity contribution in [3.63, 3.8) is 0 Å². The molecule has 1 aromatic rings. The molecule has 0 bridgehead atoms. The van der Waals surface area contributed by atoms with Crippen LogP contribution in [0.5, 0.6) is 5.75 Å². The van der Waals surface area contributed by atoms with Crippen LogP contribution in [0.25, 0.3) is 0 Å². The van der Waals surface area contributed by atoms with Gasteiger partial charge in [0.25, 0.3) is 0 Å². The highest BCUT2D eigenvalue weighted by molar-refractivity contribution is 14.1. The van der Waals surface area contributed by atoms with Crippen LogP contribution in [-0.4, -0.2) is 6.61 Å². The standard InChI is InChI=1S/C9H11IO/c1-3-11-9-5-4-7(2)6-8(9)10/h4-6H,3H2,1-2H3. The average molecular weight is 262 g/mol. The van der Waals surface area contributed by atoms with Crippen LogP contribution in [0.15, 0.2) is 18.2 Å². The van der Waals surface area contributed by atoms with Crippen LogP contribution in [0.4, 0.5) is 0 Å². The highest BCUT2D eigenvalue weighted by Gasteiger charge is 1.98. The zero-order valence-electron chi connectivity index (χ0n) is 6.73. The van der Waals surface area contributed by atoms with E-state index in [1.54, 1.807) is 0 Å². The largest absolute Gasteiger partial charge is 0.493 e. The molecule has 0 aromatic heterocycles. The predicted molar refractivity (Wildman–Crippen MR) is 55.1 cm³/mol. The molecule has 0 spiro atoms. The van der Waals surface area contributed by atoms with E-state index < -0.39 is 0 Å². The molecule has 60 valence electrons. The molecule has 0 saturated heterocycles. The summed E-state index contributed by atoms with van der Waals surface area (Å²) in [6, 6.07) is 6.19. The van der Waals surface area contributed by atoms with E-state index in [0.717, 1.165) is 12.4 Å². The number of aryl methyl sites for hydroxylation is 1. The highest BCUT2D eigenvalue weighted by atomic mass is 127. The average Bonchev–Trinajstić information content (AvgIpc) is 1.95. The van der Waals surface area contributed by atoms with E-state index in [2.05, 4.69) is 41.6 Å². The first-order valence-electron chi connectivity index (χ1n) is 3.63. The van der Waals surface area contributed by atoms with E-state index in [4.69, 9.17) is 4.74 Å². The van der Waals surface area contributed by atoms with E-state index in [-0.39, 0.29) is 0 Å². The summed E-state index contributed by atoms with van der Waals surface area (Å²) in [6.07, 6.45) is 0. The third kappa shape index (κ3) is 2.36. The first-order chi connectivity index (χ1) is 5.24. The fourth-order valence-electron chi connectivity index (χ4n) is 0.878. The van der Waals surface area contributed by atoms with Crippen LogP contribution in [0, 0.1) is 10.5 Å². The topological polar surface area (TPSA) is 9.23 Å². The van der Waals surface area contributed by atoms with Gasteiger partial charge in [0.1, 0.15) is 5.75 Å². The lowest BCUT2D eigenvalue weighted by Crippen LogP contribution is -1.93. The summed E-state index contributed by atoms with van der Waals surface area (Å²) < 4.78 is 6.57. The quantitative estimate of drug-likeness (QED) is 0.744. The van der Waals surface area contributed by atoms with Crippen molar-refractivity contribution in [2.24, 2.45) is 0 Å². The first-order valence-corrected chi connectivity index (χ1v) is 4.71. The minimum Gasteiger partial charge on any atom is -0.493 e. The molecule has 11 heavy (non-hydrogen) atoms. The second-order valence-electron chi connectivity index (χ2n) is 2.37. The molecule has 1 nitrogen and oxygen atoms in total. The fraction of sp³-hybridized carbons (Fsp3) is 0.333. The van der Waals surface area contributed by atoms with E-state index >= 15 is 0 Å². The van der Waals surface area contributed by atoms with Gasteiger partial charge in [-0.3, -0.25) is 0 Å². The summed E-state index contributed by atoms with van der Waals surface area (Å²) in [5.41, 5.74) is 1.28. The van der Waals surface area contributed by atoms with Crippen molar-refractivity contribution < 1.29 is 4.74 Å². The second-order valence-corrected chi connectivity index (χ2v) is 3.53. The van der Waals surface area contributed by atoms with Crippen LogP contribution in [0.1, 0.15) is 12.5 Å². The SMILES string of the molecule is CCOc1ccc(C)cc1I. The molecule has 1 aromatic carbocycles. The first kappa shape index (κ1) is 8.84. The van der Waals surface area contributed by atoms with Gasteiger partial charge in [-0.25, -0.2) is 0 Å². The van der Waals surface area contributed by atoms with Crippen LogP contribution in [0.3, 0.4) is 0 Å². The highest BCUT2D eigenvalue weighted by Crippen LogP contribution is 2.21. The lowest BCUT2D eigenvalue weighted by molar-refractivity contribution is 0.338. The lowest BCUT2D eigenvalue weighted by Gasteiger charge is -2.05. The Labute approximate surface area is 80.9 Å². The molecule has 0 atom stereocenters. The Kier molecular flexibility index (Phi) is 3.17. The molecule has 0 heterocycles. The Hall–Kier alpha value is -0.250. The zero-order chi connectivity index (χ0) is 8.27. The molecule has 0 saturated carbocycles. The van der Waals surface area contributed by atoms with Crippen molar-refractivity contribution in [2.75, 3.05) is 6.61 Å². The van der Waals surface area contributed by atoms with Gasteiger partial charge in [-0.1, -0.05) is 6.07 Å². The molecule has 0 aliphatic rings. The van der Waals surface area contributed by atoms with Gasteiger partial charge in [0.15, 0.2) is 0 Å². The summed E-state index contributed by atoms with van der Waals surface area (Å²) in [6.45, 7) is 4.81. The molecule has 1 rings (SSSR count). The second kappa shape index (κ2) is 3.95. The van der Waals surface area contributed by atoms with Crippen molar-refractivity contribution in [2.45, 2.75) is 13.8 Å². The number of hydrogen-bond acceptors (Lipinski definition) is 1. The van der Waals surface area contributed by atoms with Gasteiger partial charge in [0.05, 0.1) is 10.2 Å². The van der Waals surface area contributed by atoms with E-state index in [1.165, 1.54) is 9.13 Å². The number of halogens is 1. The molecule has 0 N–H and O–H groups in total. The van der Waals surface area contributed by atoms with Crippen molar-refractivity contribution >= 4 is 22.6 Å². The Balaban J connectivity index is 2.90. The zero-order valence-corrected chi connectivity index (χ0v) is 8.88. The number of ether oxygens (including phenoxy) is 1. The molecule has 0 fully saturated rings. The molecular formula is C9H11IO. The summed E-state index contributed by atoms with van der Waals surface area (Å²) in [5.74, 6) is 0.985. The van der Waals surface area contributed by atoms with Crippen LogP contribution in [-0.2, 0) is 0 Å². The van der Waals surface area contributed by atoms with E-state index in [1.807, 2.05) is 13.0 Å². The molecule has 0 aliphatic carbocycles. The molecule has 0 radical (unpaired) electrons. The molecular weight excluding hydrogens is 251 g/mol. The maximum atomic E-state index is 5.38. The third-order valence-corrected chi connectivity index (χ3v) is 2.23. The number of benzene rings is 1. The summed E-state index contributed by atoms with van der Waals surface area (Å²) >= 11 is 2.28. The van der Waals surface area contributed by atoms with Gasteiger partial charge in [-0.2, -0.15) is 0 Å². The van der Waals surface area contributed by atoms with Gasteiger partial charge in [-0.05, 0) is 54.1 Å². The van der Waals surface area contributed by atoms with Crippen molar-refractivity contribution in [1.29, 1.82) is 0 Å². The monoisotopic (exact) mass is 262 g/mol. The summed E-state index contributed by atoms with van der Waals surface area (Å²) in [4.78, 5) is 0. The Morgan fingerprint density at radius 3 is 2.73 bits per heavy atom. The van der Waals surface area contributed by atoms with Gasteiger partial charge >= 0.3 is 0 Å². The van der Waals surface area contributed by atoms with E-state index in [9.17, 15) is 0 Å². The van der Waals surface area contributed by atoms with Crippen LogP contribution >= 0.6 is 22.6 Å². The molecule has 0 aliphatic heterocycles. The maximum absolute atomic E-state index is 5.38. The van der Waals surface area contributed by atoms with Crippen molar-refractivity contribution in [3.8, 4) is 5.75 Å². The Morgan fingerprint density at radius 2 is 2.18 bits per heavy atom. The van der Waals surface area contributed by atoms with E-state index in [0.29, 0.717) is 0 Å². The van der Waals surface area contributed by atoms with Gasteiger partial charge in [0.2, 0.25) is 0 Å². The Bertz CT molecular complexity index is 245. The third-order valence-electron chi connectivity index (χ3n) is 1.39. The fourth-order valence-corrected chi connectivity index (χ4v) is 1.71. The van der Waals surface area contributed by atoms with Gasteiger partial charge in [0, 0.05) is 0 Å². The lowest BCUT2D eigenvalue weighted by atomic mass is 10.2. The predicted octanol–water partition coefficient (Wildman–Crippen LogP) is 3.00. The van der Waals surface area contributed by atoms with Crippen LogP contribution < -0.4 is 4.74 Å². The normalized spacial score (nSPS) is 9.73. The summed E-state index contributed by atoms with van der Waals surface area (Å²) in [5, 5.41) is 0.